The summed E-state index contributed by atoms with van der Waals surface area (Å²) in [6.45, 7) is 0. The van der Waals surface area contributed by atoms with Gasteiger partial charge in [-0.2, -0.15) is 10.5 Å². The monoisotopic (exact) mass is 502 g/mol. The van der Waals surface area contributed by atoms with Gasteiger partial charge in [0.2, 0.25) is 0 Å². The fourth-order valence-corrected chi connectivity index (χ4v) is 5.24. The number of fused-ring (bicyclic) bond motifs is 1. The lowest BCUT2D eigenvalue weighted by molar-refractivity contribution is 0.398. The second kappa shape index (κ2) is 9.90. The van der Waals surface area contributed by atoms with Gasteiger partial charge in [-0.25, -0.2) is 0 Å². The Balaban J connectivity index is 2.08. The minimum Gasteiger partial charge on any atom is -0.497 e. The number of hydrogen-bond acceptors (Lipinski definition) is 9. The van der Waals surface area contributed by atoms with Crippen LogP contribution in [0.15, 0.2) is 46.8 Å². The number of hydrogen-bond donors (Lipinski definition) is 1. The molecule has 182 valence electrons. The molecular formula is C26H22N4O5S. The van der Waals surface area contributed by atoms with E-state index < -0.39 is 11.5 Å². The molecule has 2 heterocycles. The van der Waals surface area contributed by atoms with Crippen LogP contribution in [0.5, 0.6) is 23.0 Å². The maximum atomic E-state index is 13.5. The molecule has 1 aliphatic heterocycles. The minimum absolute atomic E-state index is 0.0418. The highest BCUT2D eigenvalue weighted by molar-refractivity contribution is 7.07. The van der Waals surface area contributed by atoms with Crippen LogP contribution in [0.4, 0.5) is 0 Å². The predicted octanol–water partition coefficient (Wildman–Crippen LogP) is 1.90. The molecule has 1 aromatic heterocycles. The van der Waals surface area contributed by atoms with Crippen molar-refractivity contribution >= 4 is 28.8 Å². The number of nitrogens with two attached hydrogens (primary N) is 1. The van der Waals surface area contributed by atoms with E-state index in [0.717, 1.165) is 11.3 Å². The Morgan fingerprint density at radius 2 is 1.53 bits per heavy atom. The summed E-state index contributed by atoms with van der Waals surface area (Å²) in [5, 5.41) is 20.3. The highest BCUT2D eigenvalue weighted by Crippen LogP contribution is 2.41. The smallest absolute Gasteiger partial charge is 0.274 e. The van der Waals surface area contributed by atoms with Crippen LogP contribution in [0.1, 0.15) is 17.0 Å². The third-order valence-corrected chi connectivity index (χ3v) is 6.97. The molecule has 2 N–H and O–H groups in total. The lowest BCUT2D eigenvalue weighted by Crippen LogP contribution is -2.38. The number of allylic oxidation sites excluding steroid dienone is 1. The zero-order valence-electron chi connectivity index (χ0n) is 20.0. The van der Waals surface area contributed by atoms with Crippen LogP contribution in [0.2, 0.25) is 0 Å². The van der Waals surface area contributed by atoms with E-state index in [-0.39, 0.29) is 17.0 Å². The van der Waals surface area contributed by atoms with Gasteiger partial charge >= 0.3 is 0 Å². The lowest BCUT2D eigenvalue weighted by atomic mass is 9.84. The van der Waals surface area contributed by atoms with E-state index in [2.05, 4.69) is 12.1 Å². The number of methoxy groups -OCH3 is 4. The van der Waals surface area contributed by atoms with Crippen molar-refractivity contribution < 1.29 is 18.9 Å². The van der Waals surface area contributed by atoms with Gasteiger partial charge in [0.05, 0.1) is 62.2 Å². The van der Waals surface area contributed by atoms with Gasteiger partial charge in [-0.1, -0.05) is 0 Å². The Labute approximate surface area is 210 Å². The summed E-state index contributed by atoms with van der Waals surface area (Å²) in [5.74, 6) is 1.21. The van der Waals surface area contributed by atoms with Crippen LogP contribution < -0.4 is 39.4 Å². The summed E-state index contributed by atoms with van der Waals surface area (Å²) in [5.41, 5.74) is 7.35. The fourth-order valence-electron chi connectivity index (χ4n) is 4.12. The summed E-state index contributed by atoms with van der Waals surface area (Å²) in [7, 11) is 6.08. The Kier molecular flexibility index (Phi) is 6.73. The van der Waals surface area contributed by atoms with E-state index in [1.807, 2.05) is 0 Å². The molecule has 9 nitrogen and oxygen atoms in total. The molecule has 3 aromatic rings. The molecule has 0 aliphatic carbocycles. The van der Waals surface area contributed by atoms with Crippen LogP contribution in [0, 0.1) is 22.7 Å². The summed E-state index contributed by atoms with van der Waals surface area (Å²) < 4.78 is 23.4. The largest absolute Gasteiger partial charge is 0.497 e. The van der Waals surface area contributed by atoms with Crippen LogP contribution in [-0.4, -0.2) is 33.0 Å². The zero-order chi connectivity index (χ0) is 26.0. The maximum absolute atomic E-state index is 13.5. The van der Waals surface area contributed by atoms with Crippen molar-refractivity contribution in [2.75, 3.05) is 28.4 Å². The molecule has 1 aliphatic rings. The lowest BCUT2D eigenvalue weighted by Gasteiger charge is -2.24. The minimum atomic E-state index is -0.845. The van der Waals surface area contributed by atoms with Crippen LogP contribution in [0.25, 0.3) is 17.5 Å². The van der Waals surface area contributed by atoms with Gasteiger partial charge in [-0.3, -0.25) is 9.36 Å². The molecule has 0 amide bonds. The Bertz CT molecular complexity index is 1650. The van der Waals surface area contributed by atoms with Gasteiger partial charge in [0.1, 0.15) is 33.5 Å². The van der Waals surface area contributed by atoms with Crippen molar-refractivity contribution in [3.8, 4) is 35.1 Å². The van der Waals surface area contributed by atoms with Crippen molar-refractivity contribution in [2.45, 2.75) is 5.92 Å². The van der Waals surface area contributed by atoms with Crippen molar-refractivity contribution in [2.24, 2.45) is 5.73 Å². The molecular weight excluding hydrogens is 480 g/mol. The molecule has 1 atom stereocenters. The normalized spacial score (nSPS) is 15.1. The number of thiazole rings is 1. The quantitative estimate of drug-likeness (QED) is 0.540. The third kappa shape index (κ3) is 3.94. The Morgan fingerprint density at radius 1 is 0.917 bits per heavy atom. The molecule has 0 saturated carbocycles. The first-order valence-corrected chi connectivity index (χ1v) is 11.5. The molecule has 10 heteroatoms. The van der Waals surface area contributed by atoms with E-state index in [0.29, 0.717) is 43.3 Å². The van der Waals surface area contributed by atoms with E-state index in [9.17, 15) is 15.3 Å². The van der Waals surface area contributed by atoms with Gasteiger partial charge in [0.15, 0.2) is 0 Å². The van der Waals surface area contributed by atoms with Gasteiger partial charge < -0.3 is 24.7 Å². The Morgan fingerprint density at radius 3 is 2.11 bits per heavy atom. The first kappa shape index (κ1) is 24.5. The van der Waals surface area contributed by atoms with Gasteiger partial charge in [0.25, 0.3) is 5.56 Å². The molecule has 0 radical (unpaired) electrons. The Hall–Kier alpha value is -4.67. The van der Waals surface area contributed by atoms with Crippen molar-refractivity contribution in [1.29, 1.82) is 10.5 Å². The molecule has 0 saturated heterocycles. The second-order valence-electron chi connectivity index (χ2n) is 7.64. The fraction of sp³-hybridized carbons (Fsp3) is 0.192. The maximum Gasteiger partial charge on any atom is 0.274 e. The molecule has 2 aromatic carbocycles. The van der Waals surface area contributed by atoms with Crippen LogP contribution >= 0.6 is 11.3 Å². The molecule has 0 bridgehead atoms. The average Bonchev–Trinajstić information content (AvgIpc) is 3.23. The number of nitriles is 2. The standard InChI is InChI=1S/C26H22N4O5S/c1-32-15-5-7-20(34-3)14(9-15)10-22-25(31)30-24(29)18(12-27)23(19(13-28)26(30)36-22)17-11-16(33-2)6-8-21(17)35-4/h5-11,23H,29H2,1-4H3/b22-10+/t23-/m1/s1. The number of nitrogens with zero attached hydrogens (tertiary/aromatic N) is 3. The molecule has 0 unspecified atom stereocenters. The summed E-state index contributed by atoms with van der Waals surface area (Å²) in [4.78, 5) is 13.5. The van der Waals surface area contributed by atoms with E-state index in [1.54, 1.807) is 49.6 Å². The first-order chi connectivity index (χ1) is 17.4. The van der Waals surface area contributed by atoms with E-state index >= 15 is 0 Å². The summed E-state index contributed by atoms with van der Waals surface area (Å²) in [6.07, 6.45) is 1.65. The van der Waals surface area contributed by atoms with E-state index in [4.69, 9.17) is 24.7 Å². The number of benzene rings is 2. The third-order valence-electron chi connectivity index (χ3n) is 5.86. The molecule has 36 heavy (non-hydrogen) atoms. The van der Waals surface area contributed by atoms with Gasteiger partial charge in [-0.15, -0.1) is 11.3 Å². The van der Waals surface area contributed by atoms with Gasteiger partial charge in [-0.05, 0) is 42.5 Å². The second-order valence-corrected chi connectivity index (χ2v) is 8.67. The molecule has 0 spiro atoms. The first-order valence-electron chi connectivity index (χ1n) is 10.6. The highest BCUT2D eigenvalue weighted by Gasteiger charge is 2.34. The van der Waals surface area contributed by atoms with Crippen LogP contribution in [0.3, 0.4) is 0 Å². The number of aromatic nitrogens is 1. The predicted molar refractivity (Wildman–Crippen MR) is 135 cm³/mol. The number of ether oxygens (including phenoxy) is 4. The van der Waals surface area contributed by atoms with E-state index in [1.165, 1.54) is 25.9 Å². The van der Waals surface area contributed by atoms with Crippen molar-refractivity contribution in [1.82, 2.24) is 4.57 Å². The van der Waals surface area contributed by atoms with Gasteiger partial charge in [0, 0.05) is 11.1 Å². The topological polar surface area (TPSA) is 133 Å². The zero-order valence-corrected chi connectivity index (χ0v) is 20.8. The van der Waals surface area contributed by atoms with Crippen molar-refractivity contribution in [3.05, 3.63) is 72.6 Å². The average molecular weight is 503 g/mol. The van der Waals surface area contributed by atoms with Crippen LogP contribution in [-0.2, 0) is 0 Å². The summed E-state index contributed by atoms with van der Waals surface area (Å²) in [6, 6.07) is 14.6. The number of rotatable bonds is 6. The highest BCUT2D eigenvalue weighted by atomic mass is 32.1. The molecule has 4 rings (SSSR count). The summed E-state index contributed by atoms with van der Waals surface area (Å²) >= 11 is 1.10. The van der Waals surface area contributed by atoms with Crippen molar-refractivity contribution in [3.63, 3.8) is 0 Å². The molecule has 0 fully saturated rings. The SMILES string of the molecule is COc1ccc(OC)c(/C=c2/sc3n(c2=O)C(N)=C(C#N)[C@@H](c2cc(OC)ccc2OC)C=3C#N)c1.